The smallest absolute Gasteiger partial charge is 0.222 e. The second-order valence-corrected chi connectivity index (χ2v) is 4.34. The molecule has 0 radical (unpaired) electrons. The maximum atomic E-state index is 9.63. The third-order valence-electron chi connectivity index (χ3n) is 3.26. The van der Waals surface area contributed by atoms with E-state index in [1.165, 1.54) is 0 Å². The lowest BCUT2D eigenvalue weighted by atomic mass is 10.1. The quantitative estimate of drug-likeness (QED) is 0.688. The minimum Gasteiger partial charge on any atom is -0.508 e. The van der Waals surface area contributed by atoms with Crippen molar-refractivity contribution in [2.24, 2.45) is 7.05 Å². The highest BCUT2D eigenvalue weighted by Crippen LogP contribution is 2.35. The second-order valence-electron chi connectivity index (χ2n) is 4.34. The summed E-state index contributed by atoms with van der Waals surface area (Å²) in [6.07, 6.45) is 0. The third-order valence-corrected chi connectivity index (χ3v) is 3.26. The van der Waals surface area contributed by atoms with Crippen LogP contribution >= 0.6 is 0 Å². The zero-order valence-electron chi connectivity index (χ0n) is 10.1. The Bertz CT molecular complexity index is 740. The van der Waals surface area contributed by atoms with Gasteiger partial charge in [-0.2, -0.15) is 0 Å². The van der Waals surface area contributed by atoms with Crippen LogP contribution < -0.4 is 5.73 Å². The molecule has 3 N–H and O–H groups in total. The summed E-state index contributed by atoms with van der Waals surface area (Å²) in [4.78, 5) is 0. The predicted molar refractivity (Wildman–Crippen MR) is 69.2 cm³/mol. The van der Waals surface area contributed by atoms with E-state index in [-0.39, 0.29) is 11.6 Å². The maximum Gasteiger partial charge on any atom is 0.222 e. The second kappa shape index (κ2) is 3.53. The van der Waals surface area contributed by atoms with Gasteiger partial charge in [0.05, 0.1) is 0 Å². The van der Waals surface area contributed by atoms with E-state index in [0.717, 1.165) is 22.2 Å². The standard InChI is InChI=1S/C13H13N3O2/c1-7-13(10-6-12(14)18-15-10)9-5-8(17)3-4-11(9)16(7)2/h3-6,17H,14H2,1-2H3. The number of nitrogens with zero attached hydrogens (tertiary/aromatic N) is 2. The van der Waals surface area contributed by atoms with Gasteiger partial charge < -0.3 is 19.9 Å². The molecule has 0 aliphatic heterocycles. The van der Waals surface area contributed by atoms with E-state index >= 15 is 0 Å². The highest BCUT2D eigenvalue weighted by atomic mass is 16.5. The number of fused-ring (bicyclic) bond motifs is 1. The average molecular weight is 243 g/mol. The Kier molecular flexibility index (Phi) is 2.10. The first kappa shape index (κ1) is 10.7. The van der Waals surface area contributed by atoms with Crippen LogP contribution in [0.1, 0.15) is 5.69 Å². The van der Waals surface area contributed by atoms with Crippen molar-refractivity contribution < 1.29 is 9.63 Å². The van der Waals surface area contributed by atoms with Crippen molar-refractivity contribution in [3.8, 4) is 17.0 Å². The lowest BCUT2D eigenvalue weighted by Crippen LogP contribution is -1.90. The molecule has 2 aromatic heterocycles. The molecule has 3 rings (SSSR count). The van der Waals surface area contributed by atoms with E-state index in [0.29, 0.717) is 5.69 Å². The number of hydrogen-bond donors (Lipinski definition) is 2. The molecule has 3 aromatic rings. The summed E-state index contributed by atoms with van der Waals surface area (Å²) < 4.78 is 6.97. The molecule has 1 aromatic carbocycles. The summed E-state index contributed by atoms with van der Waals surface area (Å²) in [6.45, 7) is 2.00. The van der Waals surface area contributed by atoms with Gasteiger partial charge in [0.2, 0.25) is 5.88 Å². The van der Waals surface area contributed by atoms with Crippen molar-refractivity contribution in [2.45, 2.75) is 6.92 Å². The van der Waals surface area contributed by atoms with Gasteiger partial charge in [-0.25, -0.2) is 0 Å². The molecule has 0 aliphatic carbocycles. The molecule has 0 unspecified atom stereocenters. The molecule has 0 fully saturated rings. The van der Waals surface area contributed by atoms with E-state index in [2.05, 4.69) is 9.72 Å². The summed E-state index contributed by atoms with van der Waals surface area (Å²) in [6, 6.07) is 6.96. The first-order valence-electron chi connectivity index (χ1n) is 5.58. The van der Waals surface area contributed by atoms with Crippen LogP contribution in [-0.4, -0.2) is 14.8 Å². The number of hydrogen-bond acceptors (Lipinski definition) is 4. The number of aromatic nitrogens is 2. The number of benzene rings is 1. The third kappa shape index (κ3) is 1.37. The van der Waals surface area contributed by atoms with Crippen molar-refractivity contribution >= 4 is 16.8 Å². The van der Waals surface area contributed by atoms with Crippen LogP contribution in [-0.2, 0) is 7.05 Å². The van der Waals surface area contributed by atoms with E-state index in [9.17, 15) is 5.11 Å². The van der Waals surface area contributed by atoms with Gasteiger partial charge in [-0.05, 0) is 25.1 Å². The fourth-order valence-corrected chi connectivity index (χ4v) is 2.29. The van der Waals surface area contributed by atoms with Crippen LogP contribution in [0.3, 0.4) is 0 Å². The molecular weight excluding hydrogens is 230 g/mol. The van der Waals surface area contributed by atoms with Crippen molar-refractivity contribution in [1.29, 1.82) is 0 Å². The molecule has 0 saturated heterocycles. The van der Waals surface area contributed by atoms with Crippen molar-refractivity contribution in [2.75, 3.05) is 5.73 Å². The predicted octanol–water partition coefficient (Wildman–Crippen LogP) is 2.43. The van der Waals surface area contributed by atoms with Crippen molar-refractivity contribution in [3.05, 3.63) is 30.0 Å². The Hall–Kier alpha value is -2.43. The largest absolute Gasteiger partial charge is 0.508 e. The first-order valence-corrected chi connectivity index (χ1v) is 5.58. The zero-order chi connectivity index (χ0) is 12.9. The van der Waals surface area contributed by atoms with Crippen LogP contribution in [0.5, 0.6) is 5.75 Å². The molecule has 92 valence electrons. The molecule has 0 spiro atoms. The van der Waals surface area contributed by atoms with Gasteiger partial charge in [0.25, 0.3) is 0 Å². The Balaban J connectivity index is 2.40. The Labute approximate surface area is 103 Å². The molecule has 0 bridgehead atoms. The summed E-state index contributed by atoms with van der Waals surface area (Å²) in [7, 11) is 1.97. The number of nitrogen functional groups attached to an aromatic ring is 1. The molecule has 0 saturated carbocycles. The lowest BCUT2D eigenvalue weighted by molar-refractivity contribution is 0.439. The summed E-state index contributed by atoms with van der Waals surface area (Å²) in [5.74, 6) is 0.507. The molecule has 5 nitrogen and oxygen atoms in total. The van der Waals surface area contributed by atoms with E-state index in [4.69, 9.17) is 10.3 Å². The van der Waals surface area contributed by atoms with E-state index in [1.54, 1.807) is 18.2 Å². The van der Waals surface area contributed by atoms with Gasteiger partial charge in [0.15, 0.2) is 0 Å². The van der Waals surface area contributed by atoms with Crippen LogP contribution in [0.15, 0.2) is 28.8 Å². The van der Waals surface area contributed by atoms with Gasteiger partial charge >= 0.3 is 0 Å². The van der Waals surface area contributed by atoms with Gasteiger partial charge in [0, 0.05) is 35.3 Å². The number of rotatable bonds is 1. The molecule has 0 atom stereocenters. The molecular formula is C13H13N3O2. The van der Waals surface area contributed by atoms with Crippen LogP contribution in [0, 0.1) is 6.92 Å². The van der Waals surface area contributed by atoms with E-state index in [1.807, 2.05) is 20.0 Å². The highest BCUT2D eigenvalue weighted by Gasteiger charge is 2.17. The Morgan fingerprint density at radius 3 is 2.78 bits per heavy atom. The SMILES string of the molecule is Cc1c(-c2cc(N)on2)c2cc(O)ccc2n1C. The van der Waals surface area contributed by atoms with Crippen LogP contribution in [0.2, 0.25) is 0 Å². The van der Waals surface area contributed by atoms with Crippen molar-refractivity contribution in [1.82, 2.24) is 9.72 Å². The van der Waals surface area contributed by atoms with Gasteiger partial charge in [0.1, 0.15) is 11.4 Å². The number of aryl methyl sites for hydroxylation is 1. The molecule has 5 heteroatoms. The number of nitrogens with two attached hydrogens (primary N) is 1. The van der Waals surface area contributed by atoms with Crippen LogP contribution in [0.25, 0.3) is 22.2 Å². The highest BCUT2D eigenvalue weighted by molar-refractivity contribution is 5.98. The average Bonchev–Trinajstić information content (AvgIpc) is 2.84. The number of aromatic hydroxyl groups is 1. The van der Waals surface area contributed by atoms with Gasteiger partial charge in [-0.3, -0.25) is 0 Å². The maximum absolute atomic E-state index is 9.63. The normalized spacial score (nSPS) is 11.2. The first-order chi connectivity index (χ1) is 8.58. The van der Waals surface area contributed by atoms with Crippen LogP contribution in [0.4, 0.5) is 5.88 Å². The molecule has 0 amide bonds. The minimum absolute atomic E-state index is 0.228. The van der Waals surface area contributed by atoms with E-state index < -0.39 is 0 Å². The Morgan fingerprint density at radius 1 is 1.33 bits per heavy atom. The molecule has 2 heterocycles. The van der Waals surface area contributed by atoms with Crippen molar-refractivity contribution in [3.63, 3.8) is 0 Å². The minimum atomic E-state index is 0.228. The topological polar surface area (TPSA) is 77.2 Å². The van der Waals surface area contributed by atoms with Gasteiger partial charge in [-0.1, -0.05) is 5.16 Å². The summed E-state index contributed by atoms with van der Waals surface area (Å²) >= 11 is 0. The fraction of sp³-hybridized carbons (Fsp3) is 0.154. The monoisotopic (exact) mass is 243 g/mol. The Morgan fingerprint density at radius 2 is 2.11 bits per heavy atom. The fourth-order valence-electron chi connectivity index (χ4n) is 2.29. The summed E-state index contributed by atoms with van der Waals surface area (Å²) in [5, 5.41) is 14.5. The van der Waals surface area contributed by atoms with Gasteiger partial charge in [-0.15, -0.1) is 0 Å². The molecule has 18 heavy (non-hydrogen) atoms. The number of anilines is 1. The molecule has 0 aliphatic rings. The number of phenolic OH excluding ortho intramolecular Hbond substituents is 1. The zero-order valence-corrected chi connectivity index (χ0v) is 10.1. The number of phenols is 1. The summed E-state index contributed by atoms with van der Waals surface area (Å²) in [5.41, 5.74) is 9.25. The lowest BCUT2D eigenvalue weighted by Gasteiger charge is -1.98.